The Balaban J connectivity index is 1.87. The second-order valence-corrected chi connectivity index (χ2v) is 5.14. The van der Waals surface area contributed by atoms with Crippen molar-refractivity contribution < 1.29 is 9.53 Å². The van der Waals surface area contributed by atoms with Crippen molar-refractivity contribution in [3.05, 3.63) is 65.7 Å². The van der Waals surface area contributed by atoms with E-state index in [1.165, 1.54) is 0 Å². The van der Waals surface area contributed by atoms with Gasteiger partial charge in [0.15, 0.2) is 0 Å². The molecule has 110 valence electrons. The normalized spacial score (nSPS) is 11.7. The summed E-state index contributed by atoms with van der Waals surface area (Å²) >= 11 is 0. The number of carbonyl (C=O) groups is 1. The Bertz CT molecular complexity index is 581. The smallest absolute Gasteiger partial charge is 0.220 e. The van der Waals surface area contributed by atoms with Crippen LogP contribution in [-0.2, 0) is 11.3 Å². The van der Waals surface area contributed by atoms with Gasteiger partial charge in [-0.25, -0.2) is 0 Å². The van der Waals surface area contributed by atoms with Gasteiger partial charge < -0.3 is 10.1 Å². The van der Waals surface area contributed by atoms with Gasteiger partial charge >= 0.3 is 0 Å². The molecule has 3 heteroatoms. The monoisotopic (exact) mass is 283 g/mol. The number of rotatable bonds is 6. The minimum Gasteiger partial charge on any atom is -0.497 e. The zero-order chi connectivity index (χ0) is 15.1. The van der Waals surface area contributed by atoms with Crippen molar-refractivity contribution >= 4 is 5.91 Å². The van der Waals surface area contributed by atoms with Gasteiger partial charge in [-0.15, -0.1) is 0 Å². The van der Waals surface area contributed by atoms with Crippen LogP contribution in [0.4, 0.5) is 0 Å². The summed E-state index contributed by atoms with van der Waals surface area (Å²) < 4.78 is 5.21. The molecule has 0 unspecified atom stereocenters. The highest BCUT2D eigenvalue weighted by molar-refractivity contribution is 5.76. The van der Waals surface area contributed by atoms with Crippen molar-refractivity contribution in [2.75, 3.05) is 7.11 Å². The molecular formula is C18H21NO2. The lowest BCUT2D eigenvalue weighted by molar-refractivity contribution is -0.121. The fourth-order valence-corrected chi connectivity index (χ4v) is 2.21. The van der Waals surface area contributed by atoms with Gasteiger partial charge in [0.05, 0.1) is 7.11 Å². The fraction of sp³-hybridized carbons (Fsp3) is 0.278. The van der Waals surface area contributed by atoms with Crippen LogP contribution in [0.15, 0.2) is 54.6 Å². The van der Waals surface area contributed by atoms with Crippen LogP contribution in [0, 0.1) is 0 Å². The summed E-state index contributed by atoms with van der Waals surface area (Å²) in [5, 5.41) is 2.96. The minimum atomic E-state index is 0.0640. The Kier molecular flexibility index (Phi) is 5.38. The molecule has 0 fully saturated rings. The summed E-state index contributed by atoms with van der Waals surface area (Å²) in [6.45, 7) is 2.63. The minimum absolute atomic E-state index is 0.0640. The van der Waals surface area contributed by atoms with Crippen LogP contribution in [0.5, 0.6) is 5.75 Å². The highest BCUT2D eigenvalue weighted by atomic mass is 16.5. The second-order valence-electron chi connectivity index (χ2n) is 5.14. The van der Waals surface area contributed by atoms with Gasteiger partial charge in [0, 0.05) is 13.0 Å². The van der Waals surface area contributed by atoms with Gasteiger partial charge in [-0.05, 0) is 29.2 Å². The second kappa shape index (κ2) is 7.48. The first-order valence-corrected chi connectivity index (χ1v) is 7.13. The maximum atomic E-state index is 12.0. The van der Waals surface area contributed by atoms with E-state index in [4.69, 9.17) is 4.74 Å². The van der Waals surface area contributed by atoms with Crippen molar-refractivity contribution in [1.29, 1.82) is 0 Å². The molecule has 1 N–H and O–H groups in total. The average molecular weight is 283 g/mol. The molecule has 0 aliphatic carbocycles. The van der Waals surface area contributed by atoms with Gasteiger partial charge in [0.1, 0.15) is 5.75 Å². The lowest BCUT2D eigenvalue weighted by Crippen LogP contribution is -2.24. The molecule has 21 heavy (non-hydrogen) atoms. The van der Waals surface area contributed by atoms with Crippen LogP contribution in [-0.4, -0.2) is 13.0 Å². The van der Waals surface area contributed by atoms with E-state index >= 15 is 0 Å². The molecule has 2 rings (SSSR count). The Morgan fingerprint density at radius 1 is 1.14 bits per heavy atom. The molecule has 0 aliphatic heterocycles. The topological polar surface area (TPSA) is 38.3 Å². The summed E-state index contributed by atoms with van der Waals surface area (Å²) in [6.07, 6.45) is 0.472. The molecule has 1 atom stereocenters. The molecular weight excluding hydrogens is 262 g/mol. The van der Waals surface area contributed by atoms with Gasteiger partial charge in [0.25, 0.3) is 0 Å². The van der Waals surface area contributed by atoms with Crippen molar-refractivity contribution in [3.8, 4) is 5.75 Å². The predicted molar refractivity (Wildman–Crippen MR) is 84.3 cm³/mol. The Morgan fingerprint density at radius 2 is 1.90 bits per heavy atom. The van der Waals surface area contributed by atoms with E-state index in [0.717, 1.165) is 16.9 Å². The lowest BCUT2D eigenvalue weighted by atomic mass is 9.97. The van der Waals surface area contributed by atoms with Crippen LogP contribution in [0.1, 0.15) is 30.4 Å². The third-order valence-corrected chi connectivity index (χ3v) is 3.49. The fourth-order valence-electron chi connectivity index (χ4n) is 2.21. The molecule has 0 aliphatic rings. The third-order valence-electron chi connectivity index (χ3n) is 3.49. The van der Waals surface area contributed by atoms with Gasteiger partial charge in [-0.1, -0.05) is 49.4 Å². The molecule has 0 aromatic heterocycles. The summed E-state index contributed by atoms with van der Waals surface area (Å²) in [5.41, 5.74) is 2.23. The van der Waals surface area contributed by atoms with Gasteiger partial charge in [-0.2, -0.15) is 0 Å². The van der Waals surface area contributed by atoms with E-state index in [-0.39, 0.29) is 11.8 Å². The molecule has 1 amide bonds. The first-order valence-electron chi connectivity index (χ1n) is 7.13. The number of ether oxygens (including phenoxy) is 1. The van der Waals surface area contributed by atoms with Crippen LogP contribution in [0.3, 0.4) is 0 Å². The Hall–Kier alpha value is -2.29. The molecule has 0 saturated carbocycles. The highest BCUT2D eigenvalue weighted by Gasteiger charge is 2.11. The number of nitrogens with one attached hydrogen (secondary N) is 1. The zero-order valence-electron chi connectivity index (χ0n) is 12.5. The van der Waals surface area contributed by atoms with Crippen LogP contribution < -0.4 is 10.1 Å². The molecule has 2 aromatic carbocycles. The molecule has 3 nitrogen and oxygen atoms in total. The van der Waals surface area contributed by atoms with Crippen molar-refractivity contribution in [2.45, 2.75) is 25.8 Å². The number of amides is 1. The molecule has 2 aromatic rings. The van der Waals surface area contributed by atoms with E-state index in [1.807, 2.05) is 54.6 Å². The first-order chi connectivity index (χ1) is 10.2. The Labute approximate surface area is 126 Å². The SMILES string of the molecule is COc1cccc([C@@H](C)CC(=O)NCc2ccccc2)c1. The zero-order valence-corrected chi connectivity index (χ0v) is 12.5. The third kappa shape index (κ3) is 4.63. The maximum absolute atomic E-state index is 12.0. The maximum Gasteiger partial charge on any atom is 0.220 e. The molecule has 0 radical (unpaired) electrons. The van der Waals surface area contributed by atoms with E-state index in [0.29, 0.717) is 13.0 Å². The number of benzene rings is 2. The number of hydrogen-bond donors (Lipinski definition) is 1. The quantitative estimate of drug-likeness (QED) is 0.881. The van der Waals surface area contributed by atoms with Crippen molar-refractivity contribution in [1.82, 2.24) is 5.32 Å². The van der Waals surface area contributed by atoms with Gasteiger partial charge in [0.2, 0.25) is 5.91 Å². The summed E-state index contributed by atoms with van der Waals surface area (Å²) in [6, 6.07) is 17.8. The molecule has 0 saturated heterocycles. The van der Waals surface area contributed by atoms with Crippen LogP contribution >= 0.6 is 0 Å². The standard InChI is InChI=1S/C18H21NO2/c1-14(16-9-6-10-17(12-16)21-2)11-18(20)19-13-15-7-4-3-5-8-15/h3-10,12,14H,11,13H2,1-2H3,(H,19,20)/t14-/m0/s1. The average Bonchev–Trinajstić information content (AvgIpc) is 2.54. The lowest BCUT2D eigenvalue weighted by Gasteiger charge is -2.13. The summed E-state index contributed by atoms with van der Waals surface area (Å²) in [5.74, 6) is 1.05. The van der Waals surface area contributed by atoms with Gasteiger partial charge in [-0.3, -0.25) is 4.79 Å². The van der Waals surface area contributed by atoms with E-state index in [1.54, 1.807) is 7.11 Å². The molecule has 0 bridgehead atoms. The van der Waals surface area contributed by atoms with Crippen molar-refractivity contribution in [3.63, 3.8) is 0 Å². The summed E-state index contributed by atoms with van der Waals surface area (Å²) in [7, 11) is 1.65. The largest absolute Gasteiger partial charge is 0.497 e. The van der Waals surface area contributed by atoms with Crippen LogP contribution in [0.25, 0.3) is 0 Å². The molecule has 0 spiro atoms. The Morgan fingerprint density at radius 3 is 2.62 bits per heavy atom. The number of methoxy groups -OCH3 is 1. The summed E-state index contributed by atoms with van der Waals surface area (Å²) in [4.78, 5) is 12.0. The first kappa shape index (κ1) is 15.1. The van der Waals surface area contributed by atoms with E-state index < -0.39 is 0 Å². The molecule has 0 heterocycles. The van der Waals surface area contributed by atoms with Crippen molar-refractivity contribution in [2.24, 2.45) is 0 Å². The predicted octanol–water partition coefficient (Wildman–Crippen LogP) is 3.51. The number of carbonyl (C=O) groups excluding carboxylic acids is 1. The number of hydrogen-bond acceptors (Lipinski definition) is 2. The van der Waals surface area contributed by atoms with E-state index in [2.05, 4.69) is 12.2 Å². The van der Waals surface area contributed by atoms with Crippen LogP contribution in [0.2, 0.25) is 0 Å². The highest BCUT2D eigenvalue weighted by Crippen LogP contribution is 2.23. The van der Waals surface area contributed by atoms with E-state index in [9.17, 15) is 4.79 Å².